The van der Waals surface area contributed by atoms with Crippen molar-refractivity contribution in [1.82, 2.24) is 0 Å². The van der Waals surface area contributed by atoms with Crippen LogP contribution in [0, 0.1) is 18.3 Å². The second-order valence-electron chi connectivity index (χ2n) is 2.41. The Kier molecular flexibility index (Phi) is 2.11. The summed E-state index contributed by atoms with van der Waals surface area (Å²) in [6.07, 6.45) is 0. The molecule has 1 aromatic rings. The Morgan fingerprint density at radius 2 is 2.25 bits per heavy atom. The van der Waals surface area contributed by atoms with Gasteiger partial charge in [0.05, 0.1) is 11.1 Å². The van der Waals surface area contributed by atoms with Crippen LogP contribution in [0.3, 0.4) is 0 Å². The molecule has 0 amide bonds. The first kappa shape index (κ1) is 8.28. The van der Waals surface area contributed by atoms with Crippen molar-refractivity contribution in [3.05, 3.63) is 34.9 Å². The molecule has 0 saturated heterocycles. The number of nitrogens with zero attached hydrogens (tertiary/aromatic N) is 1. The fraction of sp³-hybridized carbons (Fsp3) is 0.111. The van der Waals surface area contributed by atoms with E-state index in [0.717, 1.165) is 0 Å². The number of rotatable bonds is 1. The molecule has 0 aromatic heterocycles. The molecule has 0 atom stereocenters. The highest BCUT2D eigenvalue weighted by Gasteiger charge is 2.11. The second kappa shape index (κ2) is 3.05. The van der Waals surface area contributed by atoms with Gasteiger partial charge in [0.2, 0.25) is 0 Å². The molecule has 3 nitrogen and oxygen atoms in total. The zero-order valence-corrected chi connectivity index (χ0v) is 6.53. The van der Waals surface area contributed by atoms with Crippen molar-refractivity contribution in [2.45, 2.75) is 6.92 Å². The highest BCUT2D eigenvalue weighted by Crippen LogP contribution is 2.12. The molecule has 60 valence electrons. The van der Waals surface area contributed by atoms with Crippen LogP contribution in [0.1, 0.15) is 21.5 Å². The van der Waals surface area contributed by atoms with Crippen LogP contribution in [-0.4, -0.2) is 11.1 Å². The molecular formula is C9H7NO2. The van der Waals surface area contributed by atoms with Crippen LogP contribution in [0.15, 0.2) is 18.2 Å². The molecule has 0 fully saturated rings. The monoisotopic (exact) mass is 161 g/mol. The van der Waals surface area contributed by atoms with Gasteiger partial charge < -0.3 is 5.11 Å². The maximum absolute atomic E-state index is 10.7. The van der Waals surface area contributed by atoms with Crippen molar-refractivity contribution in [3.63, 3.8) is 0 Å². The fourth-order valence-corrected chi connectivity index (χ4v) is 1.04. The number of benzene rings is 1. The molecule has 0 unspecified atom stereocenters. The van der Waals surface area contributed by atoms with E-state index in [0.29, 0.717) is 5.56 Å². The first-order valence-corrected chi connectivity index (χ1v) is 3.40. The summed E-state index contributed by atoms with van der Waals surface area (Å²) < 4.78 is 0. The SMILES string of the molecule is Cc1cccc(C#N)c1C(=O)O. The lowest BCUT2D eigenvalue weighted by Gasteiger charge is -2.00. The van der Waals surface area contributed by atoms with Gasteiger partial charge in [-0.1, -0.05) is 12.1 Å². The van der Waals surface area contributed by atoms with Crippen molar-refractivity contribution in [2.75, 3.05) is 0 Å². The van der Waals surface area contributed by atoms with Gasteiger partial charge in [0, 0.05) is 0 Å². The van der Waals surface area contributed by atoms with E-state index < -0.39 is 5.97 Å². The minimum atomic E-state index is -1.05. The Hall–Kier alpha value is -1.82. The number of hydrogen-bond acceptors (Lipinski definition) is 2. The minimum Gasteiger partial charge on any atom is -0.478 e. The van der Waals surface area contributed by atoms with Crippen LogP contribution in [0.5, 0.6) is 0 Å². The summed E-state index contributed by atoms with van der Waals surface area (Å²) in [4.78, 5) is 10.7. The number of aromatic carboxylic acids is 1. The van der Waals surface area contributed by atoms with E-state index in [1.165, 1.54) is 6.07 Å². The number of carboxylic acid groups (broad SMARTS) is 1. The molecule has 0 radical (unpaired) electrons. The van der Waals surface area contributed by atoms with E-state index in [2.05, 4.69) is 0 Å². The van der Waals surface area contributed by atoms with Gasteiger partial charge in [-0.2, -0.15) is 5.26 Å². The van der Waals surface area contributed by atoms with Crippen molar-refractivity contribution >= 4 is 5.97 Å². The maximum atomic E-state index is 10.7. The third-order valence-corrected chi connectivity index (χ3v) is 1.61. The molecule has 0 spiro atoms. The lowest BCUT2D eigenvalue weighted by molar-refractivity contribution is 0.0696. The quantitative estimate of drug-likeness (QED) is 0.679. The first-order valence-electron chi connectivity index (χ1n) is 3.40. The number of carboxylic acids is 1. The molecule has 0 aliphatic rings. The van der Waals surface area contributed by atoms with Crippen molar-refractivity contribution in [1.29, 1.82) is 5.26 Å². The van der Waals surface area contributed by atoms with Crippen LogP contribution in [0.2, 0.25) is 0 Å². The minimum absolute atomic E-state index is 0.0972. The van der Waals surface area contributed by atoms with Crippen LogP contribution in [-0.2, 0) is 0 Å². The average molecular weight is 161 g/mol. The van der Waals surface area contributed by atoms with Gasteiger partial charge in [-0.05, 0) is 18.6 Å². The van der Waals surface area contributed by atoms with Crippen molar-refractivity contribution < 1.29 is 9.90 Å². The van der Waals surface area contributed by atoms with Gasteiger partial charge in [0.15, 0.2) is 0 Å². The topological polar surface area (TPSA) is 61.1 Å². The van der Waals surface area contributed by atoms with E-state index in [-0.39, 0.29) is 11.1 Å². The van der Waals surface area contributed by atoms with E-state index >= 15 is 0 Å². The molecule has 0 aliphatic heterocycles. The number of hydrogen-bond donors (Lipinski definition) is 1. The summed E-state index contributed by atoms with van der Waals surface area (Å²) in [7, 11) is 0. The Morgan fingerprint density at radius 1 is 1.58 bits per heavy atom. The lowest BCUT2D eigenvalue weighted by Crippen LogP contribution is -2.02. The molecule has 0 saturated carbocycles. The molecule has 0 heterocycles. The maximum Gasteiger partial charge on any atom is 0.337 e. The summed E-state index contributed by atoms with van der Waals surface area (Å²) in [6.45, 7) is 1.67. The van der Waals surface area contributed by atoms with Crippen LogP contribution >= 0.6 is 0 Å². The summed E-state index contributed by atoms with van der Waals surface area (Å²) in [5, 5.41) is 17.3. The largest absolute Gasteiger partial charge is 0.478 e. The molecule has 1 aromatic carbocycles. The average Bonchev–Trinajstić information content (AvgIpc) is 2.03. The lowest BCUT2D eigenvalue weighted by atomic mass is 10.0. The number of aryl methyl sites for hydroxylation is 1. The molecule has 0 aliphatic carbocycles. The molecule has 1 rings (SSSR count). The standard InChI is InChI=1S/C9H7NO2/c1-6-3-2-4-7(5-10)8(6)9(11)12/h2-4H,1H3,(H,11,12). The summed E-state index contributed by atoms with van der Waals surface area (Å²) >= 11 is 0. The second-order valence-corrected chi connectivity index (χ2v) is 2.41. The molecule has 3 heteroatoms. The zero-order valence-electron chi connectivity index (χ0n) is 6.53. The Balaban J connectivity index is 3.42. The summed E-state index contributed by atoms with van der Waals surface area (Å²) in [6, 6.07) is 6.67. The Bertz CT molecular complexity index is 363. The Morgan fingerprint density at radius 3 is 2.67 bits per heavy atom. The van der Waals surface area contributed by atoms with Gasteiger partial charge in [0.25, 0.3) is 0 Å². The van der Waals surface area contributed by atoms with Crippen molar-refractivity contribution in [2.24, 2.45) is 0 Å². The summed E-state index contributed by atoms with van der Waals surface area (Å²) in [5.74, 6) is -1.05. The van der Waals surface area contributed by atoms with Crippen LogP contribution in [0.4, 0.5) is 0 Å². The van der Waals surface area contributed by atoms with E-state index in [9.17, 15) is 4.79 Å². The van der Waals surface area contributed by atoms with Crippen molar-refractivity contribution in [3.8, 4) is 6.07 Å². The smallest absolute Gasteiger partial charge is 0.337 e. The zero-order chi connectivity index (χ0) is 9.14. The molecule has 0 bridgehead atoms. The van der Waals surface area contributed by atoms with Gasteiger partial charge in [0.1, 0.15) is 6.07 Å². The predicted molar refractivity (Wildman–Crippen MR) is 42.9 cm³/mol. The predicted octanol–water partition coefficient (Wildman–Crippen LogP) is 1.56. The Labute approximate surface area is 69.9 Å². The number of carbonyl (C=O) groups is 1. The van der Waals surface area contributed by atoms with Gasteiger partial charge in [-0.25, -0.2) is 4.79 Å². The molecule has 12 heavy (non-hydrogen) atoms. The van der Waals surface area contributed by atoms with Gasteiger partial charge in [-0.15, -0.1) is 0 Å². The normalized spacial score (nSPS) is 9.00. The van der Waals surface area contributed by atoms with Gasteiger partial charge >= 0.3 is 5.97 Å². The van der Waals surface area contributed by atoms with Gasteiger partial charge in [-0.3, -0.25) is 0 Å². The number of nitriles is 1. The summed E-state index contributed by atoms with van der Waals surface area (Å²) in [5.41, 5.74) is 0.920. The van der Waals surface area contributed by atoms with Crippen LogP contribution in [0.25, 0.3) is 0 Å². The molecular weight excluding hydrogens is 154 g/mol. The molecule has 1 N–H and O–H groups in total. The highest BCUT2D eigenvalue weighted by molar-refractivity contribution is 5.92. The van der Waals surface area contributed by atoms with E-state index in [1.807, 2.05) is 6.07 Å². The third kappa shape index (κ3) is 1.28. The highest BCUT2D eigenvalue weighted by atomic mass is 16.4. The van der Waals surface area contributed by atoms with E-state index in [4.69, 9.17) is 10.4 Å². The van der Waals surface area contributed by atoms with Crippen LogP contribution < -0.4 is 0 Å². The third-order valence-electron chi connectivity index (χ3n) is 1.61. The first-order chi connectivity index (χ1) is 5.66. The fourth-order valence-electron chi connectivity index (χ4n) is 1.04. The van der Waals surface area contributed by atoms with E-state index in [1.54, 1.807) is 19.1 Å².